The molecular formula is C17H28F3NO4. The van der Waals surface area contributed by atoms with Gasteiger partial charge in [-0.2, -0.15) is 13.2 Å². The van der Waals surface area contributed by atoms with E-state index in [-0.39, 0.29) is 18.8 Å². The van der Waals surface area contributed by atoms with Gasteiger partial charge in [0.1, 0.15) is 18.2 Å². The molecule has 4 atom stereocenters. The highest BCUT2D eigenvalue weighted by molar-refractivity contribution is 5.75. The summed E-state index contributed by atoms with van der Waals surface area (Å²) >= 11 is 0. The number of cyclic esters (lactones) is 1. The summed E-state index contributed by atoms with van der Waals surface area (Å²) in [5.74, 6) is -0.241. The number of esters is 1. The number of nitrogens with two attached hydrogens (primary N) is 1. The van der Waals surface area contributed by atoms with Crippen molar-refractivity contribution in [1.82, 2.24) is 0 Å². The number of ether oxygens (including phenoxy) is 3. The van der Waals surface area contributed by atoms with Gasteiger partial charge in [-0.15, -0.1) is 0 Å². The van der Waals surface area contributed by atoms with Gasteiger partial charge in [0.25, 0.3) is 0 Å². The average molecular weight is 367 g/mol. The summed E-state index contributed by atoms with van der Waals surface area (Å²) in [6.45, 7) is 5.86. The largest absolute Gasteiger partial charge is 0.459 e. The van der Waals surface area contributed by atoms with E-state index in [9.17, 15) is 18.0 Å². The molecule has 1 saturated heterocycles. The number of carbonyl (C=O) groups excluding carboxylic acids is 1. The van der Waals surface area contributed by atoms with Crippen LogP contribution in [0.5, 0.6) is 0 Å². The van der Waals surface area contributed by atoms with Crippen LogP contribution >= 0.6 is 0 Å². The van der Waals surface area contributed by atoms with Crippen LogP contribution in [0.3, 0.4) is 0 Å². The fraction of sp³-hybridized carbons (Fsp3) is 0.824. The van der Waals surface area contributed by atoms with E-state index >= 15 is 0 Å². The quantitative estimate of drug-likeness (QED) is 0.577. The SMILES string of the molecule is CC(C)CO[C@H]1CCC[C@H](N)C(=O)O[C@@H](C)[C@@H]1OC/C=C/C(F)(F)F. The fourth-order valence-corrected chi connectivity index (χ4v) is 2.55. The molecule has 0 aromatic rings. The molecule has 0 aromatic carbocycles. The van der Waals surface area contributed by atoms with Gasteiger partial charge in [-0.3, -0.25) is 4.79 Å². The van der Waals surface area contributed by atoms with Crippen LogP contribution in [-0.4, -0.2) is 49.7 Å². The second kappa shape index (κ2) is 10.1. The Balaban J connectivity index is 2.82. The van der Waals surface area contributed by atoms with Crippen molar-refractivity contribution in [2.45, 2.75) is 70.6 Å². The minimum atomic E-state index is -4.39. The van der Waals surface area contributed by atoms with E-state index in [1.807, 2.05) is 13.8 Å². The van der Waals surface area contributed by atoms with Crippen LogP contribution in [-0.2, 0) is 19.0 Å². The predicted octanol–water partition coefficient (Wildman–Crippen LogP) is 2.97. The molecule has 0 radical (unpaired) electrons. The Bertz CT molecular complexity index is 440. The van der Waals surface area contributed by atoms with Crippen LogP contribution in [0.15, 0.2) is 12.2 Å². The molecule has 0 aliphatic carbocycles. The van der Waals surface area contributed by atoms with E-state index < -0.39 is 30.4 Å². The molecule has 1 aliphatic rings. The van der Waals surface area contributed by atoms with Crippen LogP contribution in [0.2, 0.25) is 0 Å². The van der Waals surface area contributed by atoms with Crippen LogP contribution in [0.1, 0.15) is 40.0 Å². The molecule has 1 heterocycles. The van der Waals surface area contributed by atoms with Crippen molar-refractivity contribution in [2.24, 2.45) is 11.7 Å². The molecule has 146 valence electrons. The number of allylic oxidation sites excluding steroid dienone is 1. The van der Waals surface area contributed by atoms with E-state index in [2.05, 4.69) is 0 Å². The Labute approximate surface area is 146 Å². The van der Waals surface area contributed by atoms with Gasteiger partial charge in [0.15, 0.2) is 0 Å². The second-order valence-electron chi connectivity index (χ2n) is 6.69. The van der Waals surface area contributed by atoms with Crippen LogP contribution < -0.4 is 5.73 Å². The number of alkyl halides is 3. The maximum absolute atomic E-state index is 12.2. The molecule has 8 heteroatoms. The Morgan fingerprint density at radius 2 is 2.00 bits per heavy atom. The first-order valence-electron chi connectivity index (χ1n) is 8.54. The first kappa shape index (κ1) is 21.9. The molecule has 0 amide bonds. The maximum atomic E-state index is 12.2. The number of hydrogen-bond acceptors (Lipinski definition) is 5. The van der Waals surface area contributed by atoms with Gasteiger partial charge in [-0.1, -0.05) is 19.9 Å². The standard InChI is InChI=1S/C17H28F3NO4/c1-11(2)10-24-14-7-4-6-13(21)16(22)25-12(3)15(14)23-9-5-8-17(18,19)20/h5,8,11-15H,4,6-7,9-10,21H2,1-3H3/b8-5+/t12-,13-,14-,15-/m0/s1. The van der Waals surface area contributed by atoms with E-state index in [4.69, 9.17) is 19.9 Å². The topological polar surface area (TPSA) is 70.8 Å². The Morgan fingerprint density at radius 1 is 1.32 bits per heavy atom. The molecule has 1 aliphatic heterocycles. The van der Waals surface area contributed by atoms with E-state index in [0.717, 1.165) is 6.08 Å². The maximum Gasteiger partial charge on any atom is 0.409 e. The van der Waals surface area contributed by atoms with Gasteiger partial charge in [-0.05, 0) is 32.1 Å². The molecule has 0 aromatic heterocycles. The summed E-state index contributed by atoms with van der Waals surface area (Å²) in [5.41, 5.74) is 5.77. The minimum absolute atomic E-state index is 0.124. The van der Waals surface area contributed by atoms with Gasteiger partial charge in [0, 0.05) is 12.7 Å². The zero-order chi connectivity index (χ0) is 19.0. The molecular weight excluding hydrogens is 339 g/mol. The highest BCUT2D eigenvalue weighted by Gasteiger charge is 2.34. The lowest BCUT2D eigenvalue weighted by molar-refractivity contribution is -0.166. The van der Waals surface area contributed by atoms with Crippen molar-refractivity contribution in [3.05, 3.63) is 12.2 Å². The Hall–Kier alpha value is -1.12. The fourth-order valence-electron chi connectivity index (χ4n) is 2.55. The van der Waals surface area contributed by atoms with E-state index in [1.54, 1.807) is 6.92 Å². The third-order valence-corrected chi connectivity index (χ3v) is 3.77. The third-order valence-electron chi connectivity index (χ3n) is 3.77. The van der Waals surface area contributed by atoms with Gasteiger partial charge < -0.3 is 19.9 Å². The first-order chi connectivity index (χ1) is 11.6. The molecule has 0 unspecified atom stereocenters. The summed E-state index contributed by atoms with van der Waals surface area (Å²) in [7, 11) is 0. The smallest absolute Gasteiger partial charge is 0.409 e. The average Bonchev–Trinajstić information content (AvgIpc) is 2.53. The van der Waals surface area contributed by atoms with Crippen LogP contribution in [0, 0.1) is 5.92 Å². The lowest BCUT2D eigenvalue weighted by Gasteiger charge is -2.31. The van der Waals surface area contributed by atoms with Crippen molar-refractivity contribution < 1.29 is 32.2 Å². The van der Waals surface area contributed by atoms with Gasteiger partial charge in [0.05, 0.1) is 12.7 Å². The van der Waals surface area contributed by atoms with Crippen molar-refractivity contribution in [3.63, 3.8) is 0 Å². The normalized spacial score (nSPS) is 29.4. The summed E-state index contributed by atoms with van der Waals surface area (Å²) in [6, 6.07) is -0.711. The van der Waals surface area contributed by atoms with E-state index in [1.165, 1.54) is 0 Å². The van der Waals surface area contributed by atoms with Crippen LogP contribution in [0.25, 0.3) is 0 Å². The zero-order valence-electron chi connectivity index (χ0n) is 14.9. The minimum Gasteiger partial charge on any atom is -0.459 e. The lowest BCUT2D eigenvalue weighted by Crippen LogP contribution is -2.43. The second-order valence-corrected chi connectivity index (χ2v) is 6.69. The van der Waals surface area contributed by atoms with Crippen molar-refractivity contribution >= 4 is 5.97 Å². The molecule has 1 rings (SSSR count). The monoisotopic (exact) mass is 367 g/mol. The molecule has 25 heavy (non-hydrogen) atoms. The highest BCUT2D eigenvalue weighted by Crippen LogP contribution is 2.22. The van der Waals surface area contributed by atoms with Gasteiger partial charge in [-0.25, -0.2) is 0 Å². The summed E-state index contributed by atoms with van der Waals surface area (Å²) in [5, 5.41) is 0. The molecule has 0 saturated carbocycles. The van der Waals surface area contributed by atoms with Crippen molar-refractivity contribution in [2.75, 3.05) is 13.2 Å². The molecule has 1 fully saturated rings. The highest BCUT2D eigenvalue weighted by atomic mass is 19.4. The summed E-state index contributed by atoms with van der Waals surface area (Å²) in [4.78, 5) is 11.9. The molecule has 5 nitrogen and oxygen atoms in total. The molecule has 2 N–H and O–H groups in total. The first-order valence-corrected chi connectivity index (χ1v) is 8.54. The van der Waals surface area contributed by atoms with Crippen molar-refractivity contribution in [3.8, 4) is 0 Å². The zero-order valence-corrected chi connectivity index (χ0v) is 14.9. The van der Waals surface area contributed by atoms with Crippen molar-refractivity contribution in [1.29, 1.82) is 0 Å². The number of halogens is 3. The van der Waals surface area contributed by atoms with Crippen LogP contribution in [0.4, 0.5) is 13.2 Å². The van der Waals surface area contributed by atoms with E-state index in [0.29, 0.717) is 31.8 Å². The lowest BCUT2D eigenvalue weighted by atomic mass is 10.0. The number of rotatable bonds is 6. The Kier molecular flexibility index (Phi) is 8.88. The third kappa shape index (κ3) is 8.69. The molecule has 0 spiro atoms. The predicted molar refractivity (Wildman–Crippen MR) is 86.9 cm³/mol. The number of carbonyl (C=O) groups is 1. The van der Waals surface area contributed by atoms with Gasteiger partial charge in [0.2, 0.25) is 0 Å². The Morgan fingerprint density at radius 3 is 2.60 bits per heavy atom. The summed E-state index contributed by atoms with van der Waals surface area (Å²) in [6.07, 6.45) is -3.38. The summed E-state index contributed by atoms with van der Waals surface area (Å²) < 4.78 is 53.4. The molecule has 0 bridgehead atoms. The number of hydrogen-bond donors (Lipinski definition) is 1. The van der Waals surface area contributed by atoms with Gasteiger partial charge >= 0.3 is 12.1 Å².